The summed E-state index contributed by atoms with van der Waals surface area (Å²) in [6, 6.07) is 0. The van der Waals surface area contributed by atoms with Crippen molar-refractivity contribution in [2.75, 3.05) is 7.11 Å². The molecule has 8 nitrogen and oxygen atoms in total. The van der Waals surface area contributed by atoms with Crippen LogP contribution in [0.25, 0.3) is 0 Å². The quantitative estimate of drug-likeness (QED) is 0.191. The first-order valence-electron chi connectivity index (χ1n) is 16.5. The number of carbonyl (C=O) groups is 2. The molecule has 0 radical (unpaired) electrons. The van der Waals surface area contributed by atoms with Crippen LogP contribution in [0.15, 0.2) is 61.3 Å². The third kappa shape index (κ3) is 12.9. The Hall–Kier alpha value is -2.68. The summed E-state index contributed by atoms with van der Waals surface area (Å²) in [7, 11) is 1.28. The van der Waals surface area contributed by atoms with Crippen molar-refractivity contribution in [2.45, 2.75) is 117 Å². The van der Waals surface area contributed by atoms with Gasteiger partial charge < -0.3 is 28.8 Å². The molecule has 8 heteroatoms. The Balaban J connectivity index is 2.43. The Kier molecular flexibility index (Phi) is 15.8. The zero-order valence-electron chi connectivity index (χ0n) is 28.9. The van der Waals surface area contributed by atoms with E-state index in [1.165, 1.54) is 13.2 Å². The molecule has 0 spiro atoms. The van der Waals surface area contributed by atoms with Gasteiger partial charge in [0.2, 0.25) is 0 Å². The average molecular weight is 631 g/mol. The zero-order valence-corrected chi connectivity index (χ0v) is 28.9. The molecule has 1 N–H and O–H groups in total. The average Bonchev–Trinajstić information content (AvgIpc) is 2.99. The molecule has 45 heavy (non-hydrogen) atoms. The summed E-state index contributed by atoms with van der Waals surface area (Å²) in [4.78, 5) is 25.3. The number of rotatable bonds is 4. The van der Waals surface area contributed by atoms with Crippen molar-refractivity contribution in [3.05, 3.63) is 61.3 Å². The molecule has 1 fully saturated rings. The van der Waals surface area contributed by atoms with Crippen molar-refractivity contribution >= 4 is 12.1 Å². The van der Waals surface area contributed by atoms with Crippen LogP contribution in [0.1, 0.15) is 81.1 Å². The minimum Gasteiger partial charge on any atom is -0.458 e. The van der Waals surface area contributed by atoms with Gasteiger partial charge in [-0.05, 0) is 44.9 Å². The van der Waals surface area contributed by atoms with E-state index in [9.17, 15) is 14.7 Å². The fourth-order valence-electron chi connectivity index (χ4n) is 6.33. The first-order valence-corrected chi connectivity index (χ1v) is 16.5. The largest absolute Gasteiger partial charge is 0.508 e. The molecular formula is C37H58O8. The molecule has 0 aromatic rings. The molecular weight excluding hydrogens is 572 g/mol. The summed E-state index contributed by atoms with van der Waals surface area (Å²) in [5.74, 6) is -1.46. The van der Waals surface area contributed by atoms with Crippen LogP contribution in [-0.4, -0.2) is 60.6 Å². The third-order valence-corrected chi connectivity index (χ3v) is 8.99. The molecule has 0 aliphatic carbocycles. The van der Waals surface area contributed by atoms with Gasteiger partial charge in [0.25, 0.3) is 0 Å². The SMILES string of the molecule is C=C/C=C\[C@H](C)[C@@H]1OC(=O)/C=C\C=C\[C@@H](C)[C@@H]2C[C@@H](/C=C\[C@H](C)[C@H](O)[C@@H](C)C[C@@H](C)CC[C@@H](OC(=O)OC)[C@@H]1C)OC(C)(C)O2. The summed E-state index contributed by atoms with van der Waals surface area (Å²) >= 11 is 0. The molecule has 2 aliphatic rings. The monoisotopic (exact) mass is 630 g/mol. The first kappa shape index (κ1) is 38.5. The molecule has 0 aromatic heterocycles. The number of aliphatic hydroxyl groups excluding tert-OH is 1. The lowest BCUT2D eigenvalue weighted by molar-refractivity contribution is -0.295. The van der Waals surface area contributed by atoms with E-state index in [4.69, 9.17) is 23.7 Å². The van der Waals surface area contributed by atoms with Gasteiger partial charge in [0, 0.05) is 36.2 Å². The molecule has 0 amide bonds. The number of fused-ring (bicyclic) bond motifs is 2. The number of carbonyl (C=O) groups excluding carboxylic acids is 2. The van der Waals surface area contributed by atoms with E-state index in [0.29, 0.717) is 12.8 Å². The Morgan fingerprint density at radius 2 is 1.76 bits per heavy atom. The van der Waals surface area contributed by atoms with Crippen LogP contribution >= 0.6 is 0 Å². The lowest BCUT2D eigenvalue weighted by atomic mass is 9.82. The van der Waals surface area contributed by atoms with Gasteiger partial charge in [0.15, 0.2) is 5.79 Å². The number of aliphatic hydroxyl groups is 1. The van der Waals surface area contributed by atoms with Crippen LogP contribution < -0.4 is 0 Å². The van der Waals surface area contributed by atoms with Crippen LogP contribution in [0, 0.1) is 35.5 Å². The topological polar surface area (TPSA) is 101 Å². The van der Waals surface area contributed by atoms with Crippen LogP contribution in [0.4, 0.5) is 4.79 Å². The number of hydrogen-bond acceptors (Lipinski definition) is 8. The van der Waals surface area contributed by atoms with Crippen molar-refractivity contribution < 1.29 is 38.4 Å². The number of cyclic esters (lactones) is 1. The van der Waals surface area contributed by atoms with Crippen LogP contribution in [0.2, 0.25) is 0 Å². The van der Waals surface area contributed by atoms with Crippen LogP contribution in [0.5, 0.6) is 0 Å². The van der Waals surface area contributed by atoms with Crippen molar-refractivity contribution in [3.63, 3.8) is 0 Å². The van der Waals surface area contributed by atoms with Gasteiger partial charge in [-0.3, -0.25) is 0 Å². The third-order valence-electron chi connectivity index (χ3n) is 8.99. The minimum atomic E-state index is -0.773. The van der Waals surface area contributed by atoms with Crippen LogP contribution in [-0.2, 0) is 28.5 Å². The Morgan fingerprint density at radius 3 is 2.42 bits per heavy atom. The second kappa shape index (κ2) is 18.5. The maximum atomic E-state index is 13.0. The molecule has 2 rings (SSSR count). The van der Waals surface area contributed by atoms with Gasteiger partial charge >= 0.3 is 12.1 Å². The van der Waals surface area contributed by atoms with E-state index in [1.54, 1.807) is 12.2 Å². The van der Waals surface area contributed by atoms with E-state index in [-0.39, 0.29) is 47.7 Å². The molecule has 0 saturated carbocycles. The molecule has 254 valence electrons. The normalized spacial score (nSPS) is 38.4. The number of ether oxygens (including phenoxy) is 5. The predicted molar refractivity (Wildman–Crippen MR) is 177 cm³/mol. The number of hydrogen-bond donors (Lipinski definition) is 1. The first-order chi connectivity index (χ1) is 21.2. The lowest BCUT2D eigenvalue weighted by Gasteiger charge is -2.41. The van der Waals surface area contributed by atoms with Crippen molar-refractivity contribution in [1.82, 2.24) is 0 Å². The summed E-state index contributed by atoms with van der Waals surface area (Å²) in [5.41, 5.74) is 0. The second-order valence-corrected chi connectivity index (χ2v) is 13.5. The van der Waals surface area contributed by atoms with E-state index in [2.05, 4.69) is 39.5 Å². The van der Waals surface area contributed by atoms with Gasteiger partial charge in [-0.1, -0.05) is 96.7 Å². The summed E-state index contributed by atoms with van der Waals surface area (Å²) in [6.07, 6.45) is 16.6. The summed E-state index contributed by atoms with van der Waals surface area (Å²) < 4.78 is 29.0. The molecule has 0 unspecified atom stereocenters. The second-order valence-electron chi connectivity index (χ2n) is 13.5. The smallest absolute Gasteiger partial charge is 0.458 e. The number of allylic oxidation sites excluding steroid dienone is 4. The van der Waals surface area contributed by atoms with Gasteiger partial charge in [-0.2, -0.15) is 0 Å². The lowest BCUT2D eigenvalue weighted by Crippen LogP contribution is -2.46. The molecule has 2 bridgehead atoms. The molecule has 1 saturated heterocycles. The Bertz CT molecular complexity index is 1060. The summed E-state index contributed by atoms with van der Waals surface area (Å²) in [6.45, 7) is 19.8. The molecule has 2 heterocycles. The highest BCUT2D eigenvalue weighted by Gasteiger charge is 2.37. The highest BCUT2D eigenvalue weighted by molar-refractivity contribution is 5.82. The highest BCUT2D eigenvalue weighted by Crippen LogP contribution is 2.33. The molecule has 0 aromatic carbocycles. The number of methoxy groups -OCH3 is 1. The Morgan fingerprint density at radius 1 is 1.04 bits per heavy atom. The van der Waals surface area contributed by atoms with Crippen molar-refractivity contribution in [1.29, 1.82) is 0 Å². The fourth-order valence-corrected chi connectivity index (χ4v) is 6.33. The summed E-state index contributed by atoms with van der Waals surface area (Å²) in [5, 5.41) is 11.2. The van der Waals surface area contributed by atoms with E-state index in [1.807, 2.05) is 58.9 Å². The van der Waals surface area contributed by atoms with Crippen LogP contribution in [0.3, 0.4) is 0 Å². The van der Waals surface area contributed by atoms with Crippen molar-refractivity contribution in [2.24, 2.45) is 35.5 Å². The molecule has 2 aliphatic heterocycles. The predicted octanol–water partition coefficient (Wildman–Crippen LogP) is 7.73. The maximum absolute atomic E-state index is 13.0. The van der Waals surface area contributed by atoms with E-state index >= 15 is 0 Å². The van der Waals surface area contributed by atoms with Gasteiger partial charge in [-0.15, -0.1) is 0 Å². The van der Waals surface area contributed by atoms with Crippen molar-refractivity contribution in [3.8, 4) is 0 Å². The molecule has 11 atom stereocenters. The van der Waals surface area contributed by atoms with Gasteiger partial charge in [0.05, 0.1) is 25.4 Å². The zero-order chi connectivity index (χ0) is 33.7. The van der Waals surface area contributed by atoms with Gasteiger partial charge in [0.1, 0.15) is 12.2 Å². The van der Waals surface area contributed by atoms with E-state index in [0.717, 1.165) is 12.8 Å². The number of esters is 1. The van der Waals surface area contributed by atoms with E-state index < -0.39 is 36.2 Å². The standard InChI is InChI=1S/C37H58O8/c1-11-12-15-27(5)35-29(7)31(42-36(40)41-10)21-18-24(2)22-28(6)34(39)26(4)19-20-30-23-32(45-37(8,9)44-30)25(3)16-13-14-17-33(38)43-35/h11-17,19-20,24-32,34-35,39H,1,18,21-23H2,2-10H3/b15-12-,16-13+,17-14-,20-19-/t24-,25+,26-,27-,28-,29-,30+,31+,32-,34-,35-/m0/s1. The highest BCUT2D eigenvalue weighted by atomic mass is 16.7. The Labute approximate surface area is 271 Å². The van der Waals surface area contributed by atoms with Gasteiger partial charge in [-0.25, -0.2) is 9.59 Å². The fraction of sp³-hybridized carbons (Fsp3) is 0.676. The maximum Gasteiger partial charge on any atom is 0.508 e. The minimum absolute atomic E-state index is 0.0458.